The Morgan fingerprint density at radius 3 is 2.84 bits per heavy atom. The van der Waals surface area contributed by atoms with Crippen LogP contribution in [0.1, 0.15) is 18.9 Å². The van der Waals surface area contributed by atoms with E-state index in [0.29, 0.717) is 29.0 Å². The lowest BCUT2D eigenvalue weighted by Crippen LogP contribution is -2.15. The standard InChI is InChI=1S/C14H15FN2O2/c1-3-4-11-13(16-8-17-14(11)18)10-6-5-9(19-2)7-12(10)15/h5-8H,3-4H2,1-2H3,(H,16,17,18). The number of aromatic amines is 1. The summed E-state index contributed by atoms with van der Waals surface area (Å²) in [6.45, 7) is 1.96. The van der Waals surface area contributed by atoms with Crippen molar-refractivity contribution in [1.29, 1.82) is 0 Å². The van der Waals surface area contributed by atoms with E-state index < -0.39 is 5.82 Å². The van der Waals surface area contributed by atoms with Crippen LogP contribution >= 0.6 is 0 Å². The minimum absolute atomic E-state index is 0.220. The van der Waals surface area contributed by atoms with Gasteiger partial charge < -0.3 is 9.72 Å². The van der Waals surface area contributed by atoms with Gasteiger partial charge in [0.25, 0.3) is 5.56 Å². The van der Waals surface area contributed by atoms with Crippen LogP contribution in [0.3, 0.4) is 0 Å². The lowest BCUT2D eigenvalue weighted by atomic mass is 10.0. The molecule has 0 aliphatic heterocycles. The summed E-state index contributed by atoms with van der Waals surface area (Å²) < 4.78 is 19.0. The number of hydrogen-bond donors (Lipinski definition) is 1. The molecule has 0 bridgehead atoms. The van der Waals surface area contributed by atoms with Crippen LogP contribution in [0.25, 0.3) is 11.3 Å². The van der Waals surface area contributed by atoms with Crippen LogP contribution in [0.2, 0.25) is 0 Å². The van der Waals surface area contributed by atoms with Gasteiger partial charge in [0.15, 0.2) is 0 Å². The highest BCUT2D eigenvalue weighted by Crippen LogP contribution is 2.26. The summed E-state index contributed by atoms with van der Waals surface area (Å²) in [6.07, 6.45) is 2.64. The fourth-order valence-electron chi connectivity index (χ4n) is 1.96. The third kappa shape index (κ3) is 2.65. The molecule has 1 N–H and O–H groups in total. The van der Waals surface area contributed by atoms with Crippen molar-refractivity contribution in [3.8, 4) is 17.0 Å². The first-order chi connectivity index (χ1) is 9.17. The molecule has 0 radical (unpaired) electrons. The Kier molecular flexibility index (Phi) is 3.94. The summed E-state index contributed by atoms with van der Waals surface area (Å²) in [4.78, 5) is 18.4. The number of nitrogens with one attached hydrogen (secondary N) is 1. The Morgan fingerprint density at radius 1 is 1.42 bits per heavy atom. The van der Waals surface area contributed by atoms with Gasteiger partial charge in [-0.25, -0.2) is 9.37 Å². The van der Waals surface area contributed by atoms with Crippen molar-refractivity contribution in [2.45, 2.75) is 19.8 Å². The molecule has 0 atom stereocenters. The van der Waals surface area contributed by atoms with Gasteiger partial charge in [-0.3, -0.25) is 4.79 Å². The molecule has 2 aromatic rings. The Bertz CT molecular complexity index is 638. The van der Waals surface area contributed by atoms with E-state index in [1.54, 1.807) is 12.1 Å². The molecular weight excluding hydrogens is 247 g/mol. The van der Waals surface area contributed by atoms with Gasteiger partial charge in [0, 0.05) is 17.2 Å². The molecule has 1 aromatic carbocycles. The van der Waals surface area contributed by atoms with Gasteiger partial charge in [-0.15, -0.1) is 0 Å². The molecule has 4 nitrogen and oxygen atoms in total. The van der Waals surface area contributed by atoms with Crippen molar-refractivity contribution >= 4 is 0 Å². The van der Waals surface area contributed by atoms with Gasteiger partial charge in [0.05, 0.1) is 19.1 Å². The minimum atomic E-state index is -0.449. The van der Waals surface area contributed by atoms with E-state index in [2.05, 4.69) is 9.97 Å². The first kappa shape index (κ1) is 13.3. The molecule has 2 rings (SSSR count). The second-order valence-corrected chi connectivity index (χ2v) is 4.15. The van der Waals surface area contributed by atoms with E-state index in [0.717, 1.165) is 6.42 Å². The number of nitrogens with zero attached hydrogens (tertiary/aromatic N) is 1. The summed E-state index contributed by atoms with van der Waals surface area (Å²) in [5, 5.41) is 0. The van der Waals surface area contributed by atoms with Crippen LogP contribution in [0.5, 0.6) is 5.75 Å². The topological polar surface area (TPSA) is 55.0 Å². The number of methoxy groups -OCH3 is 1. The number of hydrogen-bond acceptors (Lipinski definition) is 3. The third-order valence-corrected chi connectivity index (χ3v) is 2.88. The first-order valence-corrected chi connectivity index (χ1v) is 6.07. The lowest BCUT2D eigenvalue weighted by Gasteiger charge is -2.08. The summed E-state index contributed by atoms with van der Waals surface area (Å²) >= 11 is 0. The van der Waals surface area contributed by atoms with Crippen molar-refractivity contribution in [3.05, 3.63) is 46.3 Å². The molecule has 0 fully saturated rings. The number of halogens is 1. The molecule has 0 saturated heterocycles. The van der Waals surface area contributed by atoms with Gasteiger partial charge in [-0.2, -0.15) is 0 Å². The maximum atomic E-state index is 14.0. The molecule has 0 amide bonds. The highest BCUT2D eigenvalue weighted by Gasteiger charge is 2.14. The Hall–Kier alpha value is -2.17. The van der Waals surface area contributed by atoms with E-state index in [-0.39, 0.29) is 5.56 Å². The average molecular weight is 262 g/mol. The fraction of sp³-hybridized carbons (Fsp3) is 0.286. The number of H-pyrrole nitrogens is 1. The van der Waals surface area contributed by atoms with Gasteiger partial charge in [0.2, 0.25) is 0 Å². The molecular formula is C14H15FN2O2. The molecule has 5 heteroatoms. The van der Waals surface area contributed by atoms with Crippen molar-refractivity contribution in [3.63, 3.8) is 0 Å². The first-order valence-electron chi connectivity index (χ1n) is 6.07. The van der Waals surface area contributed by atoms with Gasteiger partial charge in [-0.05, 0) is 18.6 Å². The van der Waals surface area contributed by atoms with Crippen LogP contribution in [-0.4, -0.2) is 17.1 Å². The van der Waals surface area contributed by atoms with Crippen LogP contribution in [0, 0.1) is 5.82 Å². The third-order valence-electron chi connectivity index (χ3n) is 2.88. The summed E-state index contributed by atoms with van der Waals surface area (Å²) in [6, 6.07) is 4.51. The zero-order valence-electron chi connectivity index (χ0n) is 10.9. The van der Waals surface area contributed by atoms with Crippen LogP contribution < -0.4 is 10.3 Å². The van der Waals surface area contributed by atoms with Crippen LogP contribution in [0.15, 0.2) is 29.3 Å². The van der Waals surface area contributed by atoms with Crippen molar-refractivity contribution in [1.82, 2.24) is 9.97 Å². The monoisotopic (exact) mass is 262 g/mol. The van der Waals surface area contributed by atoms with E-state index >= 15 is 0 Å². The van der Waals surface area contributed by atoms with Gasteiger partial charge >= 0.3 is 0 Å². The quantitative estimate of drug-likeness (QED) is 0.921. The van der Waals surface area contributed by atoms with Crippen LogP contribution in [0.4, 0.5) is 4.39 Å². The van der Waals surface area contributed by atoms with Crippen LogP contribution in [-0.2, 0) is 6.42 Å². The summed E-state index contributed by atoms with van der Waals surface area (Å²) in [5.74, 6) is -0.0158. The Morgan fingerprint density at radius 2 is 2.21 bits per heavy atom. The molecule has 19 heavy (non-hydrogen) atoms. The summed E-state index contributed by atoms with van der Waals surface area (Å²) in [5.41, 5.74) is 0.997. The highest BCUT2D eigenvalue weighted by atomic mass is 19.1. The molecule has 0 spiro atoms. The molecule has 1 heterocycles. The smallest absolute Gasteiger partial charge is 0.254 e. The SMILES string of the molecule is CCCc1c(-c2ccc(OC)cc2F)nc[nH]c1=O. The second-order valence-electron chi connectivity index (χ2n) is 4.15. The van der Waals surface area contributed by atoms with Gasteiger partial charge in [0.1, 0.15) is 11.6 Å². The molecule has 0 aliphatic rings. The van der Waals surface area contributed by atoms with E-state index in [1.165, 1.54) is 19.5 Å². The van der Waals surface area contributed by atoms with E-state index in [1.807, 2.05) is 6.92 Å². The van der Waals surface area contributed by atoms with E-state index in [9.17, 15) is 9.18 Å². The Balaban J connectivity index is 2.58. The maximum Gasteiger partial charge on any atom is 0.254 e. The number of aromatic nitrogens is 2. The average Bonchev–Trinajstić information content (AvgIpc) is 2.41. The largest absolute Gasteiger partial charge is 0.497 e. The fourth-order valence-corrected chi connectivity index (χ4v) is 1.96. The maximum absolute atomic E-state index is 14.0. The number of ether oxygens (including phenoxy) is 1. The predicted molar refractivity (Wildman–Crippen MR) is 70.8 cm³/mol. The van der Waals surface area contributed by atoms with E-state index in [4.69, 9.17) is 4.74 Å². The van der Waals surface area contributed by atoms with Crippen molar-refractivity contribution in [2.24, 2.45) is 0 Å². The Labute approximate surface area is 110 Å². The van der Waals surface area contributed by atoms with Crippen molar-refractivity contribution in [2.75, 3.05) is 7.11 Å². The van der Waals surface area contributed by atoms with Gasteiger partial charge in [-0.1, -0.05) is 13.3 Å². The highest BCUT2D eigenvalue weighted by molar-refractivity contribution is 5.64. The normalized spacial score (nSPS) is 10.5. The molecule has 0 aliphatic carbocycles. The molecule has 0 unspecified atom stereocenters. The zero-order chi connectivity index (χ0) is 13.8. The number of rotatable bonds is 4. The predicted octanol–water partition coefficient (Wildman–Crippen LogP) is 2.54. The summed E-state index contributed by atoms with van der Waals surface area (Å²) in [7, 11) is 1.47. The second kappa shape index (κ2) is 5.65. The minimum Gasteiger partial charge on any atom is -0.497 e. The molecule has 1 aromatic heterocycles. The zero-order valence-corrected chi connectivity index (χ0v) is 10.9. The lowest BCUT2D eigenvalue weighted by molar-refractivity contribution is 0.411. The van der Waals surface area contributed by atoms with Crippen molar-refractivity contribution < 1.29 is 9.13 Å². The number of benzene rings is 1. The molecule has 0 saturated carbocycles. The molecule has 100 valence electrons.